The molecule has 21 heteroatoms. The normalized spacial score (nSPS) is 36.8. The van der Waals surface area contributed by atoms with Crippen LogP contribution in [0.2, 0.25) is 0 Å². The van der Waals surface area contributed by atoms with Gasteiger partial charge in [0.1, 0.15) is 47.9 Å². The van der Waals surface area contributed by atoms with E-state index in [9.17, 15) is 39.6 Å². The minimum Gasteiger partial charge on any atom is -0.492 e. The van der Waals surface area contributed by atoms with Crippen LogP contribution in [0, 0.1) is 17.8 Å². The molecule has 4 heterocycles. The van der Waals surface area contributed by atoms with Crippen molar-refractivity contribution in [1.82, 2.24) is 14.5 Å². The van der Waals surface area contributed by atoms with Gasteiger partial charge in [0.25, 0.3) is 0 Å². The van der Waals surface area contributed by atoms with Crippen molar-refractivity contribution in [3.63, 3.8) is 0 Å². The van der Waals surface area contributed by atoms with Gasteiger partial charge in [-0.2, -0.15) is 0 Å². The van der Waals surface area contributed by atoms with Gasteiger partial charge in [-0.15, -0.1) is 0 Å². The largest absolute Gasteiger partial charge is 0.492 e. The second-order valence-corrected chi connectivity index (χ2v) is 21.8. The van der Waals surface area contributed by atoms with Gasteiger partial charge < -0.3 is 77.9 Å². The van der Waals surface area contributed by atoms with E-state index in [2.05, 4.69) is 0 Å². The number of aliphatic hydroxyl groups excluding tert-OH is 2. The topological polar surface area (TPSA) is 247 Å². The highest BCUT2D eigenvalue weighted by Gasteiger charge is 2.55. The number of aromatic nitrogens is 1. The van der Waals surface area contributed by atoms with Crippen molar-refractivity contribution in [2.45, 2.75) is 172 Å². The Bertz CT molecular complexity index is 2280. The average Bonchev–Trinajstić information content (AvgIpc) is 3.34. The van der Waals surface area contributed by atoms with Crippen LogP contribution in [-0.2, 0) is 47.5 Å². The molecule has 0 amide bonds. The number of carbonyl (C=O) groups is 3. The number of aliphatic hydroxyl groups is 3. The molecule has 2 aromatic rings. The highest BCUT2D eigenvalue weighted by atomic mass is 16.7. The standard InChI is InChI=1S/C53H86N4O17/c1-17-39-53(9,65)45(61)41(58)29(2)26-51(7,66-15)46(74-50-43(60)38(54(10)11)24-30(3)70-50)31(4)44(32(5)49(64)72-39)73-40-27-52(8,67-16)47(33(6)71-40)69-23-21-56(14)20-22-68-34-18-19-35-37(25-34)57(55(12)13)28-36(42(35)59)48(62)63/h18-19,25,28-33,38-40,43-47,50,60-61,65H,17,20-24,26-27H2,1-16H3,(H,62,63)/t29-,30-,31+,32-,33+,38+,39-,40+,43-,44+,45-,46-,47+,50+,51-,52-,53-/m1/s1. The number of Topliss-reactive ketones (excluding diaryl/α,β-unsaturated/α-hetero) is 1. The molecule has 0 aliphatic carbocycles. The molecule has 0 saturated carbocycles. The van der Waals surface area contributed by atoms with Gasteiger partial charge in [-0.05, 0) is 94.1 Å². The van der Waals surface area contributed by atoms with Crippen molar-refractivity contribution < 1.29 is 77.4 Å². The lowest BCUT2D eigenvalue weighted by Crippen LogP contribution is -2.61. The number of esters is 1. The second kappa shape index (κ2) is 25.1. The smallest absolute Gasteiger partial charge is 0.341 e. The van der Waals surface area contributed by atoms with E-state index in [0.717, 1.165) is 0 Å². The first-order valence-electron chi connectivity index (χ1n) is 25.8. The second-order valence-electron chi connectivity index (χ2n) is 21.8. The highest BCUT2D eigenvalue weighted by Crippen LogP contribution is 2.42. The third-order valence-electron chi connectivity index (χ3n) is 15.7. The van der Waals surface area contributed by atoms with Crippen molar-refractivity contribution >= 4 is 28.6 Å². The number of nitrogens with zero attached hydrogens (tertiary/aromatic N) is 4. The van der Waals surface area contributed by atoms with Crippen LogP contribution in [0.25, 0.3) is 10.9 Å². The molecule has 3 saturated heterocycles. The zero-order chi connectivity index (χ0) is 55.4. The summed E-state index contributed by atoms with van der Waals surface area (Å²) in [5, 5.41) is 46.4. The number of aromatic carboxylic acids is 1. The number of likely N-dealkylation sites (N-methyl/N-ethyl adjacent to an activating group) is 2. The Morgan fingerprint density at radius 2 is 1.51 bits per heavy atom. The number of carbonyl (C=O) groups excluding carboxylic acids is 2. The molecule has 0 spiro atoms. The fourth-order valence-corrected chi connectivity index (χ4v) is 10.9. The SMILES string of the molecule is CC[C@H]1OC(=O)[C@H](C)[C@@H](O[C@H]2C[C@@](C)(OC)[C@@H](OCCN(C)CCOc3ccc4c(=O)c(C(=O)O)cn(N(C)C)c4c3)[C@H](C)O2)[C@H](C)[C@@H](O[C@@H]2O[C@H](C)C[C@H](N(C)C)[C@H]2O)[C@](C)(OC)C[C@@H](C)C(=O)[C@@H](O)[C@]1(C)O. The van der Waals surface area contributed by atoms with Crippen LogP contribution in [-0.4, -0.2) is 213 Å². The Morgan fingerprint density at radius 1 is 0.878 bits per heavy atom. The van der Waals surface area contributed by atoms with Gasteiger partial charge in [0.2, 0.25) is 5.43 Å². The highest BCUT2D eigenvalue weighted by molar-refractivity contribution is 5.93. The van der Waals surface area contributed by atoms with Crippen LogP contribution in [0.3, 0.4) is 0 Å². The van der Waals surface area contributed by atoms with Gasteiger partial charge in [-0.1, -0.05) is 20.8 Å². The number of carboxylic acids is 1. The molecule has 5 rings (SSSR count). The summed E-state index contributed by atoms with van der Waals surface area (Å²) in [6, 6.07) is 4.60. The third kappa shape index (κ3) is 13.5. The summed E-state index contributed by atoms with van der Waals surface area (Å²) < 4.78 is 59.4. The summed E-state index contributed by atoms with van der Waals surface area (Å²) in [6.07, 6.45) is -7.86. The molecule has 0 radical (unpaired) electrons. The number of pyridine rings is 1. The van der Waals surface area contributed by atoms with Crippen molar-refractivity contribution in [2.75, 3.05) is 80.8 Å². The van der Waals surface area contributed by atoms with Gasteiger partial charge in [0.15, 0.2) is 18.4 Å². The zero-order valence-corrected chi connectivity index (χ0v) is 46.4. The van der Waals surface area contributed by atoms with Gasteiger partial charge in [-0.25, -0.2) is 4.79 Å². The lowest BCUT2D eigenvalue weighted by atomic mass is 9.75. The van der Waals surface area contributed by atoms with E-state index in [-0.39, 0.29) is 42.4 Å². The quantitative estimate of drug-likeness (QED) is 0.157. The lowest BCUT2D eigenvalue weighted by molar-refractivity contribution is -0.321. The predicted molar refractivity (Wildman–Crippen MR) is 274 cm³/mol. The van der Waals surface area contributed by atoms with Crippen molar-refractivity contribution in [3.05, 3.63) is 40.2 Å². The van der Waals surface area contributed by atoms with Crippen LogP contribution < -0.4 is 15.2 Å². The molecule has 74 heavy (non-hydrogen) atoms. The monoisotopic (exact) mass is 1050 g/mol. The maximum Gasteiger partial charge on any atom is 0.341 e. The number of hydrogen-bond donors (Lipinski definition) is 4. The predicted octanol–water partition coefficient (Wildman–Crippen LogP) is 3.05. The van der Waals surface area contributed by atoms with E-state index < -0.39 is 113 Å². The summed E-state index contributed by atoms with van der Waals surface area (Å²) >= 11 is 0. The van der Waals surface area contributed by atoms with Crippen LogP contribution in [0.4, 0.5) is 0 Å². The number of rotatable bonds is 18. The maximum absolute atomic E-state index is 14.4. The number of methoxy groups -OCH3 is 2. The number of benzene rings is 1. The van der Waals surface area contributed by atoms with Crippen LogP contribution in [0.1, 0.15) is 98.4 Å². The van der Waals surface area contributed by atoms with Crippen LogP contribution in [0.15, 0.2) is 29.2 Å². The average molecular weight is 1050 g/mol. The Labute approximate surface area is 436 Å². The summed E-state index contributed by atoms with van der Waals surface area (Å²) in [4.78, 5) is 57.0. The van der Waals surface area contributed by atoms with E-state index in [1.807, 2.05) is 58.6 Å². The molecule has 21 nitrogen and oxygen atoms in total. The Kier molecular flexibility index (Phi) is 20.7. The molecule has 0 unspecified atom stereocenters. The molecule has 3 fully saturated rings. The third-order valence-corrected chi connectivity index (χ3v) is 15.7. The van der Waals surface area contributed by atoms with Crippen molar-refractivity contribution in [2.24, 2.45) is 17.8 Å². The Morgan fingerprint density at radius 3 is 2.11 bits per heavy atom. The van der Waals surface area contributed by atoms with E-state index >= 15 is 0 Å². The molecule has 4 N–H and O–H groups in total. The van der Waals surface area contributed by atoms with E-state index in [4.69, 9.17) is 42.6 Å². The molecule has 3 aliphatic heterocycles. The summed E-state index contributed by atoms with van der Waals surface area (Å²) in [5.41, 5.74) is -4.85. The lowest BCUT2D eigenvalue weighted by Gasteiger charge is -2.50. The Hall–Kier alpha value is -3.84. The number of carboxylic acid groups (broad SMARTS) is 1. The molecule has 0 bridgehead atoms. The molecule has 3 aliphatic rings. The number of ether oxygens (including phenoxy) is 9. The summed E-state index contributed by atoms with van der Waals surface area (Å²) in [7, 11) is 12.2. The number of hydrogen-bond acceptors (Lipinski definition) is 19. The fraction of sp³-hybridized carbons (Fsp3) is 0.774. The van der Waals surface area contributed by atoms with Crippen molar-refractivity contribution in [3.8, 4) is 5.75 Å². The Balaban J connectivity index is 1.35. The van der Waals surface area contributed by atoms with Gasteiger partial charge in [-0.3, -0.25) is 19.1 Å². The zero-order valence-electron chi connectivity index (χ0n) is 46.4. The summed E-state index contributed by atoms with van der Waals surface area (Å²) in [6.45, 7) is 17.2. The van der Waals surface area contributed by atoms with Gasteiger partial charge in [0.05, 0.1) is 53.7 Å². The summed E-state index contributed by atoms with van der Waals surface area (Å²) in [5.74, 6) is -4.95. The minimum absolute atomic E-state index is 0.00345. The molecular weight excluding hydrogens is 965 g/mol. The molecular formula is C53H86N4O17. The molecule has 1 aromatic heterocycles. The first kappa shape index (κ1) is 61.0. The first-order valence-corrected chi connectivity index (χ1v) is 25.8. The fourth-order valence-electron chi connectivity index (χ4n) is 10.9. The molecule has 17 atom stereocenters. The maximum atomic E-state index is 14.4. The first-order chi connectivity index (χ1) is 34.5. The van der Waals surface area contributed by atoms with Crippen molar-refractivity contribution in [1.29, 1.82) is 0 Å². The molecule has 1 aromatic carbocycles. The van der Waals surface area contributed by atoms with Gasteiger partial charge >= 0.3 is 11.9 Å². The number of fused-ring (bicyclic) bond motifs is 1. The van der Waals surface area contributed by atoms with E-state index in [1.54, 1.807) is 76.8 Å². The number of cyclic esters (lactones) is 1. The van der Waals surface area contributed by atoms with E-state index in [1.165, 1.54) is 20.2 Å². The molecule has 420 valence electrons. The van der Waals surface area contributed by atoms with Crippen LogP contribution >= 0.6 is 0 Å². The number of ketones is 1. The van der Waals surface area contributed by atoms with Crippen LogP contribution in [0.5, 0.6) is 5.75 Å². The minimum atomic E-state index is -2.15. The van der Waals surface area contributed by atoms with Gasteiger partial charge in [0, 0.05) is 83.4 Å². The van der Waals surface area contributed by atoms with E-state index in [0.29, 0.717) is 44.0 Å².